The summed E-state index contributed by atoms with van der Waals surface area (Å²) < 4.78 is 18.5. The Balaban J connectivity index is 1.39. The van der Waals surface area contributed by atoms with E-state index >= 15 is 0 Å². The lowest BCUT2D eigenvalue weighted by molar-refractivity contribution is -0.139. The largest absolute Gasteiger partial charge is 0.493 e. The average molecular weight is 370 g/mol. The molecule has 0 aliphatic carbocycles. The highest BCUT2D eigenvalue weighted by Gasteiger charge is 2.24. The van der Waals surface area contributed by atoms with E-state index in [-0.39, 0.29) is 24.1 Å². The second-order valence-corrected chi connectivity index (χ2v) is 6.48. The number of rotatable bonds is 6. The van der Waals surface area contributed by atoms with Gasteiger partial charge in [0.2, 0.25) is 11.8 Å². The van der Waals surface area contributed by atoms with Crippen LogP contribution < -0.4 is 4.74 Å². The van der Waals surface area contributed by atoms with Crippen molar-refractivity contribution in [1.29, 1.82) is 0 Å². The number of ether oxygens (including phenoxy) is 1. The van der Waals surface area contributed by atoms with Crippen LogP contribution in [0.2, 0.25) is 0 Å². The van der Waals surface area contributed by atoms with Gasteiger partial charge in [0.25, 0.3) is 0 Å². The maximum atomic E-state index is 12.9. The molecule has 0 aromatic heterocycles. The van der Waals surface area contributed by atoms with E-state index in [9.17, 15) is 14.0 Å². The van der Waals surface area contributed by atoms with Crippen LogP contribution in [0.1, 0.15) is 12.0 Å². The first kappa shape index (κ1) is 18.9. The SMILES string of the molecule is O=C(CCOc1ccccc1)N1CCN(C(=O)Cc2ccc(F)cc2)CC1. The van der Waals surface area contributed by atoms with Gasteiger partial charge in [-0.15, -0.1) is 0 Å². The Morgan fingerprint density at radius 1 is 0.852 bits per heavy atom. The maximum absolute atomic E-state index is 12.9. The molecule has 5 nitrogen and oxygen atoms in total. The third-order valence-electron chi connectivity index (χ3n) is 4.58. The standard InChI is InChI=1S/C21H23FN2O3/c22-18-8-6-17(7-9-18)16-21(26)24-13-11-23(12-14-24)20(25)10-15-27-19-4-2-1-3-5-19/h1-9H,10-16H2. The number of amides is 2. The Labute approximate surface area is 158 Å². The molecule has 142 valence electrons. The van der Waals surface area contributed by atoms with Gasteiger partial charge in [0.1, 0.15) is 11.6 Å². The maximum Gasteiger partial charge on any atom is 0.227 e. The van der Waals surface area contributed by atoms with Crippen LogP contribution in [-0.4, -0.2) is 54.4 Å². The number of para-hydroxylation sites is 1. The predicted octanol–water partition coefficient (Wildman–Crippen LogP) is 2.51. The lowest BCUT2D eigenvalue weighted by Gasteiger charge is -2.35. The Kier molecular flexibility index (Phi) is 6.41. The summed E-state index contributed by atoms with van der Waals surface area (Å²) in [6.07, 6.45) is 0.567. The minimum atomic E-state index is -0.311. The third-order valence-corrected chi connectivity index (χ3v) is 4.58. The fraction of sp³-hybridized carbons (Fsp3) is 0.333. The van der Waals surface area contributed by atoms with Gasteiger partial charge in [-0.3, -0.25) is 9.59 Å². The van der Waals surface area contributed by atoms with Crippen LogP contribution in [0.4, 0.5) is 4.39 Å². The van der Waals surface area contributed by atoms with E-state index in [1.165, 1.54) is 12.1 Å². The van der Waals surface area contributed by atoms with E-state index in [0.29, 0.717) is 39.2 Å². The van der Waals surface area contributed by atoms with Crippen molar-refractivity contribution < 1.29 is 18.7 Å². The summed E-state index contributed by atoms with van der Waals surface area (Å²) in [5, 5.41) is 0. The lowest BCUT2D eigenvalue weighted by atomic mass is 10.1. The van der Waals surface area contributed by atoms with Crippen molar-refractivity contribution in [3.05, 3.63) is 66.0 Å². The number of nitrogens with zero attached hydrogens (tertiary/aromatic N) is 2. The van der Waals surface area contributed by atoms with Gasteiger partial charge in [0, 0.05) is 26.2 Å². The van der Waals surface area contributed by atoms with Crippen molar-refractivity contribution in [1.82, 2.24) is 9.80 Å². The van der Waals surface area contributed by atoms with Gasteiger partial charge in [-0.2, -0.15) is 0 Å². The molecule has 1 fully saturated rings. The van der Waals surface area contributed by atoms with E-state index < -0.39 is 0 Å². The molecule has 1 saturated heterocycles. The molecule has 1 heterocycles. The third kappa shape index (κ3) is 5.54. The van der Waals surface area contributed by atoms with E-state index in [2.05, 4.69) is 0 Å². The summed E-state index contributed by atoms with van der Waals surface area (Å²) in [5.74, 6) is 0.480. The molecule has 1 aliphatic rings. The van der Waals surface area contributed by atoms with Crippen LogP contribution in [-0.2, 0) is 16.0 Å². The minimum absolute atomic E-state index is 0.00104. The fourth-order valence-electron chi connectivity index (χ4n) is 3.02. The van der Waals surface area contributed by atoms with E-state index in [4.69, 9.17) is 4.74 Å². The van der Waals surface area contributed by atoms with Gasteiger partial charge in [-0.05, 0) is 29.8 Å². The van der Waals surface area contributed by atoms with E-state index in [0.717, 1.165) is 11.3 Å². The Morgan fingerprint density at radius 2 is 1.44 bits per heavy atom. The molecule has 27 heavy (non-hydrogen) atoms. The van der Waals surface area contributed by atoms with Crippen molar-refractivity contribution in [2.75, 3.05) is 32.8 Å². The molecular formula is C21H23FN2O3. The Bertz CT molecular complexity index is 757. The van der Waals surface area contributed by atoms with Crippen molar-refractivity contribution >= 4 is 11.8 Å². The van der Waals surface area contributed by atoms with Gasteiger partial charge >= 0.3 is 0 Å². The molecule has 0 atom stereocenters. The zero-order valence-electron chi connectivity index (χ0n) is 15.1. The molecule has 2 aromatic carbocycles. The van der Waals surface area contributed by atoms with E-state index in [1.54, 1.807) is 21.9 Å². The van der Waals surface area contributed by atoms with Crippen LogP contribution >= 0.6 is 0 Å². The molecule has 0 spiro atoms. The minimum Gasteiger partial charge on any atom is -0.493 e. The summed E-state index contributed by atoms with van der Waals surface area (Å²) >= 11 is 0. The number of halogens is 1. The number of piperazine rings is 1. The molecule has 6 heteroatoms. The lowest BCUT2D eigenvalue weighted by Crippen LogP contribution is -2.51. The fourth-order valence-corrected chi connectivity index (χ4v) is 3.02. The summed E-state index contributed by atoms with van der Waals surface area (Å²) in [6, 6.07) is 15.4. The Morgan fingerprint density at radius 3 is 2.07 bits per heavy atom. The molecule has 0 saturated carbocycles. The summed E-state index contributed by atoms with van der Waals surface area (Å²) in [7, 11) is 0. The molecular weight excluding hydrogens is 347 g/mol. The molecule has 2 amide bonds. The van der Waals surface area contributed by atoms with Crippen LogP contribution in [0.5, 0.6) is 5.75 Å². The zero-order valence-corrected chi connectivity index (χ0v) is 15.1. The smallest absolute Gasteiger partial charge is 0.227 e. The quantitative estimate of drug-likeness (QED) is 0.785. The highest BCUT2D eigenvalue weighted by molar-refractivity contribution is 5.80. The van der Waals surface area contributed by atoms with Gasteiger partial charge in [-0.25, -0.2) is 4.39 Å². The molecule has 0 N–H and O–H groups in total. The average Bonchev–Trinajstić information content (AvgIpc) is 2.70. The molecule has 2 aromatic rings. The van der Waals surface area contributed by atoms with Gasteiger partial charge < -0.3 is 14.5 Å². The van der Waals surface area contributed by atoms with E-state index in [1.807, 2.05) is 30.3 Å². The Hall–Kier alpha value is -2.89. The predicted molar refractivity (Wildman–Crippen MR) is 99.8 cm³/mol. The number of benzene rings is 2. The van der Waals surface area contributed by atoms with Gasteiger partial charge in [-0.1, -0.05) is 30.3 Å². The zero-order chi connectivity index (χ0) is 19.1. The number of carbonyl (C=O) groups is 2. The summed E-state index contributed by atoms with van der Waals surface area (Å²) in [5.41, 5.74) is 0.790. The van der Waals surface area contributed by atoms with Gasteiger partial charge in [0.15, 0.2) is 0 Å². The number of hydrogen-bond donors (Lipinski definition) is 0. The van der Waals surface area contributed by atoms with Gasteiger partial charge in [0.05, 0.1) is 19.4 Å². The van der Waals surface area contributed by atoms with Crippen LogP contribution in [0, 0.1) is 5.82 Å². The second-order valence-electron chi connectivity index (χ2n) is 6.48. The monoisotopic (exact) mass is 370 g/mol. The van der Waals surface area contributed by atoms with Crippen molar-refractivity contribution in [3.63, 3.8) is 0 Å². The van der Waals surface area contributed by atoms with Crippen LogP contribution in [0.15, 0.2) is 54.6 Å². The first-order valence-electron chi connectivity index (χ1n) is 9.09. The highest BCUT2D eigenvalue weighted by Crippen LogP contribution is 2.11. The topological polar surface area (TPSA) is 49.9 Å². The first-order chi connectivity index (χ1) is 13.1. The molecule has 1 aliphatic heterocycles. The molecule has 0 unspecified atom stereocenters. The van der Waals surface area contributed by atoms with Crippen LogP contribution in [0.3, 0.4) is 0 Å². The van der Waals surface area contributed by atoms with Crippen molar-refractivity contribution in [2.24, 2.45) is 0 Å². The highest BCUT2D eigenvalue weighted by atomic mass is 19.1. The molecule has 3 rings (SSSR count). The van der Waals surface area contributed by atoms with Crippen LogP contribution in [0.25, 0.3) is 0 Å². The van der Waals surface area contributed by atoms with Crippen molar-refractivity contribution in [3.8, 4) is 5.75 Å². The molecule has 0 bridgehead atoms. The summed E-state index contributed by atoms with van der Waals surface area (Å²) in [6.45, 7) is 2.43. The normalized spacial score (nSPS) is 14.1. The second kappa shape index (κ2) is 9.16. The van der Waals surface area contributed by atoms with Crippen molar-refractivity contribution in [2.45, 2.75) is 12.8 Å². The summed E-state index contributed by atoms with van der Waals surface area (Å²) in [4.78, 5) is 28.2. The molecule has 0 radical (unpaired) electrons. The first-order valence-corrected chi connectivity index (χ1v) is 9.09. The number of carbonyl (C=O) groups excluding carboxylic acids is 2. The number of hydrogen-bond acceptors (Lipinski definition) is 3.